The molecule has 0 radical (unpaired) electrons. The molecule has 3 aromatic rings. The van der Waals surface area contributed by atoms with Gasteiger partial charge in [0.25, 0.3) is 11.8 Å². The van der Waals surface area contributed by atoms with Gasteiger partial charge in [0.05, 0.1) is 11.1 Å². The molecule has 1 heterocycles. The van der Waals surface area contributed by atoms with Crippen LogP contribution < -0.4 is 11.5 Å². The van der Waals surface area contributed by atoms with Crippen LogP contribution >= 0.6 is 0 Å². The third-order valence-corrected chi connectivity index (χ3v) is 3.57. The van der Waals surface area contributed by atoms with Gasteiger partial charge in [-0.1, -0.05) is 24.3 Å². The van der Waals surface area contributed by atoms with Gasteiger partial charge >= 0.3 is 0 Å². The minimum Gasteiger partial charge on any atom is -0.507 e. The molecule has 0 spiro atoms. The summed E-state index contributed by atoms with van der Waals surface area (Å²) in [6.07, 6.45) is 0. The van der Waals surface area contributed by atoms with Crippen LogP contribution in [0.15, 0.2) is 30.3 Å². The molecule has 0 saturated carbocycles. The first kappa shape index (κ1) is 15.9. The maximum Gasteiger partial charge on any atom is 0.253 e. The second kappa shape index (κ2) is 5.92. The summed E-state index contributed by atoms with van der Waals surface area (Å²) in [5, 5.41) is 34.1. The molecule has 7 N–H and O–H groups in total. The average molecular weight is 340 g/mol. The number of rotatable bonds is 4. The Morgan fingerprint density at radius 3 is 2.28 bits per heavy atom. The van der Waals surface area contributed by atoms with E-state index in [2.05, 4.69) is 20.6 Å². The number of aromatic amines is 1. The normalized spacial score (nSPS) is 10.6. The van der Waals surface area contributed by atoms with Crippen molar-refractivity contribution < 1.29 is 19.8 Å². The van der Waals surface area contributed by atoms with E-state index >= 15 is 0 Å². The quantitative estimate of drug-likeness (QED) is 0.418. The van der Waals surface area contributed by atoms with Crippen LogP contribution in [0.2, 0.25) is 0 Å². The van der Waals surface area contributed by atoms with Gasteiger partial charge in [0.2, 0.25) is 5.82 Å². The molecule has 0 unspecified atom stereocenters. The van der Waals surface area contributed by atoms with E-state index in [1.54, 1.807) is 18.2 Å². The van der Waals surface area contributed by atoms with E-state index in [1.807, 2.05) is 0 Å². The summed E-state index contributed by atoms with van der Waals surface area (Å²) in [5.74, 6) is -2.98. The number of hydrogen-bond acceptors (Lipinski definition) is 7. The first-order valence-electron chi connectivity index (χ1n) is 6.93. The maximum atomic E-state index is 11.8. The fraction of sp³-hybridized carbons (Fsp3) is 0. The number of tetrazole rings is 1. The Balaban J connectivity index is 2.42. The minimum atomic E-state index is -0.998. The van der Waals surface area contributed by atoms with Crippen molar-refractivity contribution in [2.75, 3.05) is 0 Å². The molecule has 0 aliphatic rings. The number of aromatic hydroxyl groups is 2. The van der Waals surface area contributed by atoms with E-state index in [9.17, 15) is 19.8 Å². The van der Waals surface area contributed by atoms with E-state index in [4.69, 9.17) is 11.5 Å². The molecule has 1 aromatic heterocycles. The topological polar surface area (TPSA) is 181 Å². The van der Waals surface area contributed by atoms with E-state index < -0.39 is 23.3 Å². The van der Waals surface area contributed by atoms with Crippen molar-refractivity contribution in [2.24, 2.45) is 11.5 Å². The molecule has 10 heteroatoms. The van der Waals surface area contributed by atoms with Crippen molar-refractivity contribution >= 4 is 11.8 Å². The number of nitrogens with one attached hydrogen (secondary N) is 1. The van der Waals surface area contributed by atoms with Gasteiger partial charge in [-0.15, -0.1) is 10.2 Å². The highest BCUT2D eigenvalue weighted by Gasteiger charge is 2.26. The zero-order chi connectivity index (χ0) is 18.1. The lowest BCUT2D eigenvalue weighted by Gasteiger charge is -2.15. The number of amides is 2. The number of H-pyrrole nitrogens is 1. The fourth-order valence-electron chi connectivity index (χ4n) is 2.53. The van der Waals surface area contributed by atoms with E-state index in [0.29, 0.717) is 5.56 Å². The van der Waals surface area contributed by atoms with Crippen LogP contribution in [-0.2, 0) is 0 Å². The zero-order valence-electron chi connectivity index (χ0n) is 12.6. The highest BCUT2D eigenvalue weighted by molar-refractivity contribution is 6.09. The molecule has 3 rings (SSSR count). The molecule has 126 valence electrons. The van der Waals surface area contributed by atoms with E-state index in [0.717, 1.165) is 6.07 Å². The number of phenols is 2. The van der Waals surface area contributed by atoms with Gasteiger partial charge in [-0.05, 0) is 16.8 Å². The summed E-state index contributed by atoms with van der Waals surface area (Å²) < 4.78 is 0. The molecular formula is C15H12N6O4. The predicted molar refractivity (Wildman–Crippen MR) is 85.4 cm³/mol. The van der Waals surface area contributed by atoms with Gasteiger partial charge in [0, 0.05) is 11.1 Å². The molecule has 2 aromatic carbocycles. The van der Waals surface area contributed by atoms with Crippen molar-refractivity contribution in [3.8, 4) is 34.0 Å². The van der Waals surface area contributed by atoms with Gasteiger partial charge in [-0.25, -0.2) is 0 Å². The van der Waals surface area contributed by atoms with Crippen LogP contribution in [0.4, 0.5) is 0 Å². The summed E-state index contributed by atoms with van der Waals surface area (Å²) >= 11 is 0. The van der Waals surface area contributed by atoms with Crippen molar-refractivity contribution in [1.29, 1.82) is 0 Å². The molecule has 2 amide bonds. The lowest BCUT2D eigenvalue weighted by Crippen LogP contribution is -2.16. The molecule has 25 heavy (non-hydrogen) atoms. The molecule has 0 aliphatic carbocycles. The summed E-state index contributed by atoms with van der Waals surface area (Å²) in [7, 11) is 0. The first-order valence-corrected chi connectivity index (χ1v) is 6.93. The van der Waals surface area contributed by atoms with E-state index in [-0.39, 0.29) is 28.1 Å². The first-order chi connectivity index (χ1) is 11.9. The molecular weight excluding hydrogens is 328 g/mol. The number of aromatic nitrogens is 4. The second-order valence-electron chi connectivity index (χ2n) is 5.05. The van der Waals surface area contributed by atoms with Crippen molar-refractivity contribution in [3.63, 3.8) is 0 Å². The summed E-state index contributed by atoms with van der Waals surface area (Å²) in [6, 6.07) is 7.33. The van der Waals surface area contributed by atoms with E-state index in [1.165, 1.54) is 6.07 Å². The molecule has 0 fully saturated rings. The standard InChI is InChI=1S/C15H12N6O4/c16-13(24)8-5-9(22)11(14(17)25)10(12(8)23)6-3-1-2-4-7(6)15-18-20-21-19-15/h1-5,22-23H,(H2,16,24)(H2,17,25)(H,18,19,20,21). The number of benzene rings is 2. The number of carbonyl (C=O) groups excluding carboxylic acids is 2. The summed E-state index contributed by atoms with van der Waals surface area (Å²) in [4.78, 5) is 23.4. The van der Waals surface area contributed by atoms with Crippen LogP contribution in [0.25, 0.3) is 22.5 Å². The lowest BCUT2D eigenvalue weighted by atomic mass is 9.91. The average Bonchev–Trinajstić information content (AvgIpc) is 3.10. The molecule has 0 aliphatic heterocycles. The SMILES string of the molecule is NC(=O)c1cc(O)c(C(N)=O)c(-c2ccccc2-c2nn[nH]n2)c1O. The number of nitrogens with zero attached hydrogens (tertiary/aromatic N) is 3. The molecule has 0 atom stereocenters. The van der Waals surface area contributed by atoms with Crippen molar-refractivity contribution in [2.45, 2.75) is 0 Å². The Kier molecular flexibility index (Phi) is 3.77. The van der Waals surface area contributed by atoms with Gasteiger partial charge < -0.3 is 21.7 Å². The number of primary amides is 2. The number of carbonyl (C=O) groups is 2. The largest absolute Gasteiger partial charge is 0.507 e. The predicted octanol–water partition coefficient (Wildman–Crippen LogP) is 0.143. The van der Waals surface area contributed by atoms with Gasteiger partial charge in [0.15, 0.2) is 0 Å². The Morgan fingerprint density at radius 1 is 1.04 bits per heavy atom. The van der Waals surface area contributed by atoms with Gasteiger partial charge in [0.1, 0.15) is 11.5 Å². The Bertz CT molecular complexity index is 984. The number of hydrogen-bond donors (Lipinski definition) is 5. The lowest BCUT2D eigenvalue weighted by molar-refractivity contribution is 0.0984. The van der Waals surface area contributed by atoms with Crippen molar-refractivity contribution in [3.05, 3.63) is 41.5 Å². The third kappa shape index (κ3) is 2.61. The number of nitrogens with two attached hydrogens (primary N) is 2. The minimum absolute atomic E-state index is 0.151. The van der Waals surface area contributed by atoms with Crippen LogP contribution in [0.1, 0.15) is 20.7 Å². The maximum absolute atomic E-state index is 11.8. The summed E-state index contributed by atoms with van der Waals surface area (Å²) in [5.41, 5.74) is 10.3. The Morgan fingerprint density at radius 2 is 1.72 bits per heavy atom. The van der Waals surface area contributed by atoms with Gasteiger partial charge in [-0.3, -0.25) is 9.59 Å². The van der Waals surface area contributed by atoms with Crippen LogP contribution in [0.5, 0.6) is 11.5 Å². The highest BCUT2D eigenvalue weighted by Crippen LogP contribution is 2.43. The fourth-order valence-corrected chi connectivity index (χ4v) is 2.53. The van der Waals surface area contributed by atoms with Crippen LogP contribution in [0.3, 0.4) is 0 Å². The molecule has 0 saturated heterocycles. The third-order valence-electron chi connectivity index (χ3n) is 3.57. The van der Waals surface area contributed by atoms with Crippen LogP contribution in [0, 0.1) is 0 Å². The second-order valence-corrected chi connectivity index (χ2v) is 5.05. The summed E-state index contributed by atoms with van der Waals surface area (Å²) in [6.45, 7) is 0. The monoisotopic (exact) mass is 340 g/mol. The van der Waals surface area contributed by atoms with Gasteiger partial charge in [-0.2, -0.15) is 5.21 Å². The highest BCUT2D eigenvalue weighted by atomic mass is 16.3. The Hall–Kier alpha value is -3.95. The van der Waals surface area contributed by atoms with Crippen molar-refractivity contribution in [1.82, 2.24) is 20.6 Å². The zero-order valence-corrected chi connectivity index (χ0v) is 12.6. The molecule has 0 bridgehead atoms. The molecule has 10 nitrogen and oxygen atoms in total. The Labute approximate surface area is 140 Å². The smallest absolute Gasteiger partial charge is 0.253 e. The van der Waals surface area contributed by atoms with Crippen LogP contribution in [-0.4, -0.2) is 42.7 Å².